The normalized spacial score (nSPS) is 14.2. The fourth-order valence-electron chi connectivity index (χ4n) is 4.31. The lowest BCUT2D eigenvalue weighted by molar-refractivity contribution is 0.143. The Labute approximate surface area is 185 Å². The Kier molecular flexibility index (Phi) is 4.83. The van der Waals surface area contributed by atoms with Gasteiger partial charge in [0.2, 0.25) is 0 Å². The minimum atomic E-state index is -1.08. The molecule has 1 aliphatic rings. The summed E-state index contributed by atoms with van der Waals surface area (Å²) in [5.41, 5.74) is 2.54. The van der Waals surface area contributed by atoms with E-state index in [0.717, 1.165) is 36.1 Å². The van der Waals surface area contributed by atoms with Crippen LogP contribution in [0, 0.1) is 24.6 Å². The zero-order chi connectivity index (χ0) is 22.5. The molecular formula is C25H24FN5O. The molecule has 32 heavy (non-hydrogen) atoms. The molecule has 0 radical (unpaired) electrons. The molecule has 4 aromatic rings. The van der Waals surface area contributed by atoms with Gasteiger partial charge in [-0.05, 0) is 69.9 Å². The van der Waals surface area contributed by atoms with E-state index in [1.165, 1.54) is 6.07 Å². The first kappa shape index (κ1) is 20.4. The number of aliphatic hydroxyl groups is 1. The van der Waals surface area contributed by atoms with Gasteiger partial charge in [0.05, 0.1) is 10.9 Å². The average Bonchev–Trinajstić information content (AvgIpc) is 2.99. The first-order valence-electron chi connectivity index (χ1n) is 10.8. The van der Waals surface area contributed by atoms with Gasteiger partial charge in [-0.15, -0.1) is 10.2 Å². The predicted octanol–water partition coefficient (Wildman–Crippen LogP) is 4.32. The second kappa shape index (κ2) is 7.57. The van der Waals surface area contributed by atoms with Crippen LogP contribution in [0.1, 0.15) is 43.6 Å². The summed E-state index contributed by atoms with van der Waals surface area (Å²) in [4.78, 5) is 6.84. The zero-order valence-corrected chi connectivity index (χ0v) is 18.4. The number of benzene rings is 2. The van der Waals surface area contributed by atoms with Crippen molar-refractivity contribution in [1.29, 1.82) is 0 Å². The van der Waals surface area contributed by atoms with E-state index in [9.17, 15) is 5.11 Å². The minimum absolute atomic E-state index is 0.330. The lowest BCUT2D eigenvalue weighted by atomic mass is 10.00. The van der Waals surface area contributed by atoms with Gasteiger partial charge in [-0.3, -0.25) is 4.40 Å². The average molecular weight is 429 g/mol. The highest BCUT2D eigenvalue weighted by molar-refractivity contribution is 5.94. The van der Waals surface area contributed by atoms with Gasteiger partial charge >= 0.3 is 0 Å². The maximum atomic E-state index is 15.2. The summed E-state index contributed by atoms with van der Waals surface area (Å²) in [6.07, 6.45) is 2.77. The second-order valence-electron chi connectivity index (χ2n) is 8.67. The summed E-state index contributed by atoms with van der Waals surface area (Å²) in [7, 11) is 0. The van der Waals surface area contributed by atoms with Crippen molar-refractivity contribution in [2.75, 3.05) is 11.4 Å². The molecule has 0 fully saturated rings. The number of hydrogen-bond acceptors (Lipinski definition) is 5. The Morgan fingerprint density at radius 1 is 1.09 bits per heavy atom. The molecule has 2 aromatic carbocycles. The third-order valence-corrected chi connectivity index (χ3v) is 5.73. The molecule has 5 rings (SSSR count). The molecule has 6 nitrogen and oxygen atoms in total. The van der Waals surface area contributed by atoms with Crippen molar-refractivity contribution in [2.45, 2.75) is 45.6 Å². The second-order valence-corrected chi connectivity index (χ2v) is 8.67. The standard InChI is InChI=1S/C25H24FN5O/c1-16-28-29-24-27-23(22-19(26)10-7-12-21(22)31(16)24)30-15-5-4-9-18-17(8-6-11-20(18)30)13-14-25(2,3)32/h6-8,10-12,32H,4-5,9,15H2,1-3H3. The Morgan fingerprint density at radius 2 is 1.91 bits per heavy atom. The van der Waals surface area contributed by atoms with Crippen LogP contribution >= 0.6 is 0 Å². The highest BCUT2D eigenvalue weighted by atomic mass is 19.1. The van der Waals surface area contributed by atoms with E-state index in [4.69, 9.17) is 4.98 Å². The SMILES string of the molecule is Cc1nnc2nc(N3CCCCc4c(C#CC(C)(C)O)cccc43)c3c(F)cccc3n12. The smallest absolute Gasteiger partial charge is 0.257 e. The molecular weight excluding hydrogens is 405 g/mol. The van der Waals surface area contributed by atoms with E-state index < -0.39 is 5.60 Å². The highest BCUT2D eigenvalue weighted by Crippen LogP contribution is 2.38. The van der Waals surface area contributed by atoms with Crippen molar-refractivity contribution in [2.24, 2.45) is 0 Å². The quantitative estimate of drug-likeness (QED) is 0.457. The molecule has 1 N–H and O–H groups in total. The summed E-state index contributed by atoms with van der Waals surface area (Å²) >= 11 is 0. The van der Waals surface area contributed by atoms with E-state index in [0.29, 0.717) is 34.9 Å². The molecule has 162 valence electrons. The number of aryl methyl sites for hydroxylation is 1. The van der Waals surface area contributed by atoms with E-state index >= 15 is 4.39 Å². The summed E-state index contributed by atoms with van der Waals surface area (Å²) in [5, 5.41) is 18.9. The monoisotopic (exact) mass is 429 g/mol. The zero-order valence-electron chi connectivity index (χ0n) is 18.4. The molecule has 0 bridgehead atoms. The van der Waals surface area contributed by atoms with Crippen LogP contribution in [0.4, 0.5) is 15.9 Å². The Bertz CT molecular complexity index is 1410. The molecule has 0 aliphatic carbocycles. The van der Waals surface area contributed by atoms with E-state index in [2.05, 4.69) is 26.9 Å². The third kappa shape index (κ3) is 3.47. The minimum Gasteiger partial charge on any atom is -0.378 e. The number of halogens is 1. The topological polar surface area (TPSA) is 66.5 Å². The molecule has 3 heterocycles. The summed E-state index contributed by atoms with van der Waals surface area (Å²) in [6.45, 7) is 5.88. The Balaban J connectivity index is 1.77. The molecule has 0 spiro atoms. The van der Waals surface area contributed by atoms with Gasteiger partial charge in [-0.1, -0.05) is 24.0 Å². The fraction of sp³-hybridized carbons (Fsp3) is 0.320. The highest BCUT2D eigenvalue weighted by Gasteiger charge is 2.25. The van der Waals surface area contributed by atoms with Gasteiger partial charge in [0.15, 0.2) is 0 Å². The summed E-state index contributed by atoms with van der Waals surface area (Å²) in [5.74, 6) is 7.38. The molecule has 1 aliphatic heterocycles. The van der Waals surface area contributed by atoms with Crippen LogP contribution in [0.2, 0.25) is 0 Å². The fourth-order valence-corrected chi connectivity index (χ4v) is 4.31. The van der Waals surface area contributed by atoms with Crippen molar-refractivity contribution in [3.05, 3.63) is 59.2 Å². The van der Waals surface area contributed by atoms with Gasteiger partial charge in [0.25, 0.3) is 5.78 Å². The largest absolute Gasteiger partial charge is 0.378 e. The van der Waals surface area contributed by atoms with Gasteiger partial charge in [-0.25, -0.2) is 4.39 Å². The Hall–Kier alpha value is -3.50. The Morgan fingerprint density at radius 3 is 2.72 bits per heavy atom. The van der Waals surface area contributed by atoms with E-state index in [1.807, 2.05) is 31.2 Å². The van der Waals surface area contributed by atoms with Crippen LogP contribution in [-0.2, 0) is 6.42 Å². The maximum Gasteiger partial charge on any atom is 0.257 e. The number of anilines is 2. The summed E-state index contributed by atoms with van der Waals surface area (Å²) < 4.78 is 17.0. The third-order valence-electron chi connectivity index (χ3n) is 5.73. The first-order chi connectivity index (χ1) is 15.3. The number of nitrogens with zero attached hydrogens (tertiary/aromatic N) is 5. The molecule has 0 saturated heterocycles. The van der Waals surface area contributed by atoms with Crippen LogP contribution in [0.3, 0.4) is 0 Å². The molecule has 0 amide bonds. The lowest BCUT2D eigenvalue weighted by Gasteiger charge is -2.26. The van der Waals surface area contributed by atoms with E-state index in [1.54, 1.807) is 24.3 Å². The van der Waals surface area contributed by atoms with Crippen LogP contribution in [0.5, 0.6) is 0 Å². The van der Waals surface area contributed by atoms with E-state index in [-0.39, 0.29) is 5.82 Å². The van der Waals surface area contributed by atoms with Crippen molar-refractivity contribution < 1.29 is 9.50 Å². The predicted molar refractivity (Wildman–Crippen MR) is 123 cm³/mol. The van der Waals surface area contributed by atoms with Crippen molar-refractivity contribution in [1.82, 2.24) is 19.6 Å². The number of hydrogen-bond donors (Lipinski definition) is 1. The molecule has 2 aromatic heterocycles. The molecule has 0 unspecified atom stereocenters. The van der Waals surface area contributed by atoms with Crippen molar-refractivity contribution >= 4 is 28.2 Å². The van der Waals surface area contributed by atoms with Crippen molar-refractivity contribution in [3.63, 3.8) is 0 Å². The molecule has 7 heteroatoms. The number of fused-ring (bicyclic) bond motifs is 4. The maximum absolute atomic E-state index is 15.2. The first-order valence-corrected chi connectivity index (χ1v) is 10.8. The van der Waals surface area contributed by atoms with Crippen molar-refractivity contribution in [3.8, 4) is 11.8 Å². The summed E-state index contributed by atoms with van der Waals surface area (Å²) in [6, 6.07) is 11.0. The van der Waals surface area contributed by atoms with Gasteiger partial charge in [-0.2, -0.15) is 4.98 Å². The van der Waals surface area contributed by atoms with Gasteiger partial charge in [0.1, 0.15) is 23.1 Å². The van der Waals surface area contributed by atoms with Crippen LogP contribution in [0.15, 0.2) is 36.4 Å². The van der Waals surface area contributed by atoms with Crippen LogP contribution in [0.25, 0.3) is 16.7 Å². The van der Waals surface area contributed by atoms with Crippen LogP contribution in [-0.4, -0.2) is 36.8 Å². The van der Waals surface area contributed by atoms with Gasteiger partial charge in [0, 0.05) is 17.8 Å². The molecule has 0 atom stereocenters. The molecule has 0 saturated carbocycles. The number of aromatic nitrogens is 4. The van der Waals surface area contributed by atoms with Gasteiger partial charge < -0.3 is 10.0 Å². The lowest BCUT2D eigenvalue weighted by Crippen LogP contribution is -2.21. The number of rotatable bonds is 1. The van der Waals surface area contributed by atoms with Crippen LogP contribution < -0.4 is 4.90 Å².